The van der Waals surface area contributed by atoms with Crippen molar-refractivity contribution in [1.82, 2.24) is 5.48 Å². The molecule has 1 amide bonds. The number of hydroxylamine groups is 1. The average Bonchev–Trinajstić information content (AvgIpc) is 2.77. The molecule has 6 heteroatoms. The van der Waals surface area contributed by atoms with Gasteiger partial charge in [-0.05, 0) is 35.9 Å². The number of thiophene rings is 1. The van der Waals surface area contributed by atoms with Crippen LogP contribution in [-0.2, 0) is 4.84 Å². The first kappa shape index (κ1) is 13.4. The maximum absolute atomic E-state index is 11.5. The molecule has 2 rings (SSSR count). The maximum atomic E-state index is 11.5. The summed E-state index contributed by atoms with van der Waals surface area (Å²) in [5, 5.41) is 1.13. The fourth-order valence-electron chi connectivity index (χ4n) is 1.45. The normalized spacial score (nSPS) is 10.4. The standard InChI is InChI=1S/C12H9Cl2NO2S/c1-17-15-12(16)11-3-2-10(18-11)7-4-8(13)6-9(14)5-7/h2-6H,1H3,(H,15,16). The van der Waals surface area contributed by atoms with Gasteiger partial charge >= 0.3 is 0 Å². The Hall–Kier alpha value is -1.07. The van der Waals surface area contributed by atoms with Crippen molar-refractivity contribution in [3.8, 4) is 10.4 Å². The molecular weight excluding hydrogens is 293 g/mol. The van der Waals surface area contributed by atoms with Gasteiger partial charge in [-0.3, -0.25) is 9.63 Å². The predicted octanol–water partition coefficient (Wildman–Crippen LogP) is 4.01. The SMILES string of the molecule is CONC(=O)c1ccc(-c2cc(Cl)cc(Cl)c2)s1. The lowest BCUT2D eigenvalue weighted by Gasteiger charge is -2.00. The molecule has 0 aliphatic rings. The van der Waals surface area contributed by atoms with Crippen LogP contribution in [0.3, 0.4) is 0 Å². The van der Waals surface area contributed by atoms with Gasteiger partial charge in [-0.25, -0.2) is 5.48 Å². The van der Waals surface area contributed by atoms with E-state index in [0.29, 0.717) is 14.9 Å². The molecule has 0 fully saturated rings. The van der Waals surface area contributed by atoms with Gasteiger partial charge in [0.2, 0.25) is 0 Å². The summed E-state index contributed by atoms with van der Waals surface area (Å²) in [5.41, 5.74) is 3.15. The van der Waals surface area contributed by atoms with Gasteiger partial charge in [-0.15, -0.1) is 11.3 Å². The molecule has 1 aromatic heterocycles. The maximum Gasteiger partial charge on any atom is 0.284 e. The predicted molar refractivity (Wildman–Crippen MR) is 74.3 cm³/mol. The van der Waals surface area contributed by atoms with E-state index >= 15 is 0 Å². The van der Waals surface area contributed by atoms with Crippen molar-refractivity contribution in [2.75, 3.05) is 7.11 Å². The summed E-state index contributed by atoms with van der Waals surface area (Å²) < 4.78 is 0. The van der Waals surface area contributed by atoms with Crippen LogP contribution in [0, 0.1) is 0 Å². The average molecular weight is 302 g/mol. The van der Waals surface area contributed by atoms with Gasteiger partial charge in [0.15, 0.2) is 0 Å². The van der Waals surface area contributed by atoms with Gasteiger partial charge in [-0.2, -0.15) is 0 Å². The second-order valence-corrected chi connectivity index (χ2v) is 5.41. The second-order valence-electron chi connectivity index (χ2n) is 3.46. The molecule has 0 saturated heterocycles. The zero-order chi connectivity index (χ0) is 13.1. The smallest absolute Gasteiger partial charge is 0.277 e. The Balaban J connectivity index is 2.32. The minimum Gasteiger partial charge on any atom is -0.277 e. The second kappa shape index (κ2) is 5.71. The molecular formula is C12H9Cl2NO2S. The zero-order valence-corrected chi connectivity index (χ0v) is 11.7. The van der Waals surface area contributed by atoms with Gasteiger partial charge in [-0.1, -0.05) is 23.2 Å². The van der Waals surface area contributed by atoms with E-state index in [1.165, 1.54) is 18.4 Å². The van der Waals surface area contributed by atoms with E-state index in [2.05, 4.69) is 10.3 Å². The third kappa shape index (κ3) is 3.03. The number of carbonyl (C=O) groups is 1. The molecule has 18 heavy (non-hydrogen) atoms. The fraction of sp³-hybridized carbons (Fsp3) is 0.0833. The van der Waals surface area contributed by atoms with Crippen molar-refractivity contribution in [2.24, 2.45) is 0 Å². The summed E-state index contributed by atoms with van der Waals surface area (Å²) in [7, 11) is 1.39. The Morgan fingerprint density at radius 1 is 1.22 bits per heavy atom. The monoisotopic (exact) mass is 301 g/mol. The molecule has 1 aromatic carbocycles. The van der Waals surface area contributed by atoms with Crippen LogP contribution in [-0.4, -0.2) is 13.0 Å². The summed E-state index contributed by atoms with van der Waals surface area (Å²) in [6, 6.07) is 8.84. The van der Waals surface area contributed by atoms with E-state index in [1.54, 1.807) is 24.3 Å². The largest absolute Gasteiger partial charge is 0.284 e. The number of nitrogens with one attached hydrogen (secondary N) is 1. The lowest BCUT2D eigenvalue weighted by molar-refractivity contribution is 0.0542. The van der Waals surface area contributed by atoms with Gasteiger partial charge in [0.1, 0.15) is 0 Å². The molecule has 0 spiro atoms. The zero-order valence-electron chi connectivity index (χ0n) is 9.37. The van der Waals surface area contributed by atoms with Crippen LogP contribution >= 0.6 is 34.5 Å². The van der Waals surface area contributed by atoms with Crippen molar-refractivity contribution in [1.29, 1.82) is 0 Å². The van der Waals surface area contributed by atoms with Crippen molar-refractivity contribution in [2.45, 2.75) is 0 Å². The first-order valence-electron chi connectivity index (χ1n) is 5.00. The Labute approximate surface area is 118 Å². The van der Waals surface area contributed by atoms with Gasteiger partial charge < -0.3 is 0 Å². The lowest BCUT2D eigenvalue weighted by Crippen LogP contribution is -2.20. The minimum atomic E-state index is -0.276. The van der Waals surface area contributed by atoms with Crippen LogP contribution < -0.4 is 5.48 Å². The Morgan fingerprint density at radius 2 is 1.89 bits per heavy atom. The Morgan fingerprint density at radius 3 is 2.50 bits per heavy atom. The number of hydrogen-bond acceptors (Lipinski definition) is 3. The van der Waals surface area contributed by atoms with Gasteiger partial charge in [0, 0.05) is 14.9 Å². The summed E-state index contributed by atoms with van der Waals surface area (Å²) in [5.74, 6) is -0.276. The molecule has 1 N–H and O–H groups in total. The Bertz CT molecular complexity index is 563. The van der Waals surface area contributed by atoms with E-state index in [4.69, 9.17) is 23.2 Å². The molecule has 0 aliphatic heterocycles. The van der Waals surface area contributed by atoms with Crippen molar-refractivity contribution in [3.63, 3.8) is 0 Å². The number of benzene rings is 1. The highest BCUT2D eigenvalue weighted by atomic mass is 35.5. The molecule has 0 bridgehead atoms. The van der Waals surface area contributed by atoms with Gasteiger partial charge in [0.25, 0.3) is 5.91 Å². The third-order valence-corrected chi connectivity index (χ3v) is 3.74. The topological polar surface area (TPSA) is 38.3 Å². The fourth-order valence-corrected chi connectivity index (χ4v) is 2.86. The van der Waals surface area contributed by atoms with Crippen molar-refractivity contribution in [3.05, 3.63) is 45.3 Å². The molecule has 0 radical (unpaired) electrons. The van der Waals surface area contributed by atoms with E-state index in [0.717, 1.165) is 10.4 Å². The first-order chi connectivity index (χ1) is 8.60. The lowest BCUT2D eigenvalue weighted by atomic mass is 10.2. The van der Waals surface area contributed by atoms with E-state index in [1.807, 2.05) is 6.07 Å². The highest BCUT2D eigenvalue weighted by Crippen LogP contribution is 2.32. The summed E-state index contributed by atoms with van der Waals surface area (Å²) in [4.78, 5) is 17.6. The first-order valence-corrected chi connectivity index (χ1v) is 6.57. The number of carbonyl (C=O) groups excluding carboxylic acids is 1. The molecule has 94 valence electrons. The molecule has 3 nitrogen and oxygen atoms in total. The Kier molecular flexibility index (Phi) is 4.24. The highest BCUT2D eigenvalue weighted by molar-refractivity contribution is 7.17. The molecule has 0 aliphatic carbocycles. The van der Waals surface area contributed by atoms with E-state index in [-0.39, 0.29) is 5.91 Å². The van der Waals surface area contributed by atoms with Crippen LogP contribution in [0.2, 0.25) is 10.0 Å². The van der Waals surface area contributed by atoms with Crippen molar-refractivity contribution >= 4 is 40.4 Å². The van der Waals surface area contributed by atoms with Crippen LogP contribution in [0.1, 0.15) is 9.67 Å². The van der Waals surface area contributed by atoms with Crippen LogP contribution in [0.25, 0.3) is 10.4 Å². The van der Waals surface area contributed by atoms with Crippen molar-refractivity contribution < 1.29 is 9.63 Å². The van der Waals surface area contributed by atoms with E-state index in [9.17, 15) is 4.79 Å². The highest BCUT2D eigenvalue weighted by Gasteiger charge is 2.10. The number of amides is 1. The van der Waals surface area contributed by atoms with Crippen LogP contribution in [0.5, 0.6) is 0 Å². The number of rotatable bonds is 3. The molecule has 0 unspecified atom stereocenters. The summed E-state index contributed by atoms with van der Waals surface area (Å²) in [6.45, 7) is 0. The van der Waals surface area contributed by atoms with E-state index < -0.39 is 0 Å². The van der Waals surface area contributed by atoms with Crippen LogP contribution in [0.15, 0.2) is 30.3 Å². The van der Waals surface area contributed by atoms with Crippen LogP contribution in [0.4, 0.5) is 0 Å². The summed E-state index contributed by atoms with van der Waals surface area (Å²) >= 11 is 13.2. The summed E-state index contributed by atoms with van der Waals surface area (Å²) in [6.07, 6.45) is 0. The number of hydrogen-bond donors (Lipinski definition) is 1. The quantitative estimate of drug-likeness (QED) is 0.870. The molecule has 2 aromatic rings. The molecule has 1 heterocycles. The number of halogens is 2. The minimum absolute atomic E-state index is 0.276. The third-order valence-electron chi connectivity index (χ3n) is 2.17. The van der Waals surface area contributed by atoms with Gasteiger partial charge in [0.05, 0.1) is 12.0 Å². The molecule has 0 saturated carbocycles. The molecule has 0 atom stereocenters.